The molecule has 4 heteroatoms. The van der Waals surface area contributed by atoms with Gasteiger partial charge in [0.1, 0.15) is 0 Å². The van der Waals surface area contributed by atoms with Crippen LogP contribution >= 0.6 is 27.3 Å². The molecule has 0 saturated carbocycles. The van der Waals surface area contributed by atoms with E-state index in [1.165, 1.54) is 15.0 Å². The van der Waals surface area contributed by atoms with Crippen LogP contribution in [0.1, 0.15) is 23.9 Å². The van der Waals surface area contributed by atoms with Crippen molar-refractivity contribution >= 4 is 27.3 Å². The van der Waals surface area contributed by atoms with Gasteiger partial charge in [0.2, 0.25) is 0 Å². The molecule has 0 saturated heterocycles. The SMILES string of the molecule is CCC(N)Cc1cccn1Cc1sccc1Br. The highest BCUT2D eigenvalue weighted by Crippen LogP contribution is 2.24. The first-order chi connectivity index (χ1) is 8.20. The molecule has 2 nitrogen and oxygen atoms in total. The first-order valence-electron chi connectivity index (χ1n) is 5.82. The molecule has 0 radical (unpaired) electrons. The van der Waals surface area contributed by atoms with Gasteiger partial charge in [0.25, 0.3) is 0 Å². The molecule has 1 atom stereocenters. The van der Waals surface area contributed by atoms with Gasteiger partial charge in [-0.1, -0.05) is 6.92 Å². The zero-order valence-corrected chi connectivity index (χ0v) is 12.3. The van der Waals surface area contributed by atoms with Gasteiger partial charge in [-0.25, -0.2) is 0 Å². The number of hydrogen-bond donors (Lipinski definition) is 1. The lowest BCUT2D eigenvalue weighted by Crippen LogP contribution is -2.23. The predicted molar refractivity (Wildman–Crippen MR) is 77.5 cm³/mol. The predicted octanol–water partition coefficient (Wildman–Crippen LogP) is 3.64. The second-order valence-electron chi connectivity index (χ2n) is 4.19. The highest BCUT2D eigenvalue weighted by Gasteiger charge is 2.08. The Morgan fingerprint density at radius 2 is 2.29 bits per heavy atom. The van der Waals surface area contributed by atoms with Crippen molar-refractivity contribution in [2.24, 2.45) is 5.73 Å². The summed E-state index contributed by atoms with van der Waals surface area (Å²) in [5.41, 5.74) is 7.34. The summed E-state index contributed by atoms with van der Waals surface area (Å²) in [4.78, 5) is 1.35. The summed E-state index contributed by atoms with van der Waals surface area (Å²) in [7, 11) is 0. The topological polar surface area (TPSA) is 30.9 Å². The Bertz CT molecular complexity index is 475. The average Bonchev–Trinajstić information content (AvgIpc) is 2.90. The van der Waals surface area contributed by atoms with Gasteiger partial charge in [-0.15, -0.1) is 11.3 Å². The van der Waals surface area contributed by atoms with E-state index >= 15 is 0 Å². The first-order valence-corrected chi connectivity index (χ1v) is 7.49. The zero-order chi connectivity index (χ0) is 12.3. The number of hydrogen-bond acceptors (Lipinski definition) is 2. The third kappa shape index (κ3) is 3.21. The molecule has 0 amide bonds. The molecule has 1 unspecified atom stereocenters. The number of rotatable bonds is 5. The standard InChI is InChI=1S/C13H17BrN2S/c1-2-10(15)8-11-4-3-6-16(11)9-13-12(14)5-7-17-13/h3-7,10H,2,8-9,15H2,1H3. The summed E-state index contributed by atoms with van der Waals surface area (Å²) in [5.74, 6) is 0. The minimum Gasteiger partial charge on any atom is -0.346 e. The van der Waals surface area contributed by atoms with Crippen LogP contribution in [0.15, 0.2) is 34.2 Å². The van der Waals surface area contributed by atoms with Crippen LogP contribution in [0.2, 0.25) is 0 Å². The average molecular weight is 313 g/mol. The molecule has 0 spiro atoms. The number of nitrogens with two attached hydrogens (primary N) is 1. The van der Waals surface area contributed by atoms with Gasteiger partial charge in [-0.3, -0.25) is 0 Å². The Balaban J connectivity index is 2.11. The van der Waals surface area contributed by atoms with Crippen molar-refractivity contribution in [2.75, 3.05) is 0 Å². The van der Waals surface area contributed by atoms with E-state index in [2.05, 4.69) is 57.2 Å². The number of nitrogens with zero attached hydrogens (tertiary/aromatic N) is 1. The smallest absolute Gasteiger partial charge is 0.0577 e. The summed E-state index contributed by atoms with van der Waals surface area (Å²) >= 11 is 5.36. The fourth-order valence-electron chi connectivity index (χ4n) is 1.79. The Kier molecular flexibility index (Phi) is 4.42. The van der Waals surface area contributed by atoms with E-state index in [0.717, 1.165) is 19.4 Å². The highest BCUT2D eigenvalue weighted by atomic mass is 79.9. The number of aromatic nitrogens is 1. The Morgan fingerprint density at radius 1 is 1.47 bits per heavy atom. The quantitative estimate of drug-likeness (QED) is 0.897. The minimum atomic E-state index is 0.260. The van der Waals surface area contributed by atoms with Crippen molar-refractivity contribution in [3.63, 3.8) is 0 Å². The molecule has 0 aliphatic carbocycles. The summed E-state index contributed by atoms with van der Waals surface area (Å²) in [6, 6.07) is 6.62. The maximum absolute atomic E-state index is 6.02. The number of thiophene rings is 1. The monoisotopic (exact) mass is 312 g/mol. The molecule has 2 rings (SSSR count). The molecule has 2 aromatic rings. The van der Waals surface area contributed by atoms with E-state index in [1.54, 1.807) is 11.3 Å². The molecular weight excluding hydrogens is 296 g/mol. The van der Waals surface area contributed by atoms with Crippen molar-refractivity contribution in [1.29, 1.82) is 0 Å². The molecule has 0 aliphatic heterocycles. The summed E-state index contributed by atoms with van der Waals surface area (Å²) < 4.78 is 3.48. The van der Waals surface area contributed by atoms with Gasteiger partial charge in [-0.2, -0.15) is 0 Å². The number of halogens is 1. The van der Waals surface area contributed by atoms with Crippen LogP contribution in [0, 0.1) is 0 Å². The summed E-state index contributed by atoms with van der Waals surface area (Å²) in [6.45, 7) is 3.06. The molecule has 92 valence electrons. The van der Waals surface area contributed by atoms with Crippen molar-refractivity contribution in [1.82, 2.24) is 4.57 Å². The highest BCUT2D eigenvalue weighted by molar-refractivity contribution is 9.10. The van der Waals surface area contributed by atoms with E-state index < -0.39 is 0 Å². The lowest BCUT2D eigenvalue weighted by atomic mass is 10.1. The minimum absolute atomic E-state index is 0.260. The zero-order valence-electron chi connectivity index (χ0n) is 9.90. The second kappa shape index (κ2) is 5.85. The van der Waals surface area contributed by atoms with Gasteiger partial charge in [0.15, 0.2) is 0 Å². The summed E-state index contributed by atoms with van der Waals surface area (Å²) in [6.07, 6.45) is 4.10. The van der Waals surface area contributed by atoms with Gasteiger partial charge in [0, 0.05) is 33.7 Å². The van der Waals surface area contributed by atoms with Crippen LogP contribution in [0.25, 0.3) is 0 Å². The maximum Gasteiger partial charge on any atom is 0.0577 e. The molecule has 0 bridgehead atoms. The van der Waals surface area contributed by atoms with Crippen LogP contribution in [0.3, 0.4) is 0 Å². The normalized spacial score (nSPS) is 12.9. The van der Waals surface area contributed by atoms with Crippen LogP contribution in [-0.2, 0) is 13.0 Å². The van der Waals surface area contributed by atoms with Crippen molar-refractivity contribution in [3.05, 3.63) is 44.8 Å². The van der Waals surface area contributed by atoms with Crippen LogP contribution < -0.4 is 5.73 Å². The molecule has 0 aliphatic rings. The van der Waals surface area contributed by atoms with E-state index in [0.29, 0.717) is 0 Å². The third-order valence-corrected chi connectivity index (χ3v) is 4.84. The lowest BCUT2D eigenvalue weighted by Gasteiger charge is -2.12. The molecule has 0 aromatic carbocycles. The molecule has 0 fully saturated rings. The Morgan fingerprint density at radius 3 is 2.94 bits per heavy atom. The van der Waals surface area contributed by atoms with Gasteiger partial charge in [-0.05, 0) is 45.9 Å². The fraction of sp³-hybridized carbons (Fsp3) is 0.385. The van der Waals surface area contributed by atoms with Gasteiger partial charge < -0.3 is 10.3 Å². The Labute approximate surface area is 115 Å². The molecule has 17 heavy (non-hydrogen) atoms. The van der Waals surface area contributed by atoms with E-state index in [-0.39, 0.29) is 6.04 Å². The van der Waals surface area contributed by atoms with Gasteiger partial charge >= 0.3 is 0 Å². The van der Waals surface area contributed by atoms with E-state index in [4.69, 9.17) is 5.73 Å². The molecule has 2 aromatic heterocycles. The van der Waals surface area contributed by atoms with Crippen molar-refractivity contribution in [3.8, 4) is 0 Å². The fourth-order valence-corrected chi connectivity index (χ4v) is 3.27. The summed E-state index contributed by atoms with van der Waals surface area (Å²) in [5, 5.41) is 2.11. The van der Waals surface area contributed by atoms with E-state index in [1.807, 2.05) is 0 Å². The molecular formula is C13H17BrN2S. The van der Waals surface area contributed by atoms with Crippen LogP contribution in [-0.4, -0.2) is 10.6 Å². The first kappa shape index (κ1) is 12.9. The largest absolute Gasteiger partial charge is 0.346 e. The second-order valence-corrected chi connectivity index (χ2v) is 6.05. The van der Waals surface area contributed by atoms with Crippen molar-refractivity contribution < 1.29 is 0 Å². The van der Waals surface area contributed by atoms with E-state index in [9.17, 15) is 0 Å². The van der Waals surface area contributed by atoms with Crippen molar-refractivity contribution in [2.45, 2.75) is 32.4 Å². The maximum atomic E-state index is 6.02. The molecule has 2 N–H and O–H groups in total. The third-order valence-electron chi connectivity index (χ3n) is 2.92. The van der Waals surface area contributed by atoms with Crippen LogP contribution in [0.5, 0.6) is 0 Å². The Hall–Kier alpha value is -0.580. The van der Waals surface area contributed by atoms with Gasteiger partial charge in [0.05, 0.1) is 6.54 Å². The molecule has 2 heterocycles. The lowest BCUT2D eigenvalue weighted by molar-refractivity contribution is 0.611. The van der Waals surface area contributed by atoms with Crippen LogP contribution in [0.4, 0.5) is 0 Å².